The second-order valence-electron chi connectivity index (χ2n) is 7.32. The molecule has 0 spiro atoms. The Kier molecular flexibility index (Phi) is 5.24. The van der Waals surface area contributed by atoms with Crippen molar-refractivity contribution in [2.24, 2.45) is 7.05 Å². The molecule has 0 fully saturated rings. The molecule has 0 radical (unpaired) electrons. The van der Waals surface area contributed by atoms with Crippen molar-refractivity contribution in [2.45, 2.75) is 31.5 Å². The maximum atomic E-state index is 13.8. The van der Waals surface area contributed by atoms with E-state index in [1.807, 2.05) is 0 Å². The normalized spacial score (nSPS) is 14.9. The molecule has 5 nitrogen and oxygen atoms in total. The molecule has 0 aliphatic carbocycles. The van der Waals surface area contributed by atoms with Crippen molar-refractivity contribution in [3.05, 3.63) is 76.9 Å². The second-order valence-corrected chi connectivity index (χ2v) is 7.32. The molecule has 1 atom stereocenters. The smallest absolute Gasteiger partial charge is 0.321 e. The van der Waals surface area contributed by atoms with Crippen molar-refractivity contribution in [3.8, 4) is 0 Å². The SMILES string of the molecule is Cn1cnnc1CC(c1cccc(N2Cc3c(cccc3C(F)(F)F)C2=O)c1)C(F)F. The Bertz CT molecular complexity index is 1120. The number of carbonyl (C=O) groups is 1. The standard InChI is InChI=1S/C21H17F5N4O/c1-29-11-27-28-18(29)9-15(19(22)23)12-4-2-5-13(8-12)30-10-16-14(20(30)31)6-3-7-17(16)21(24,25)26/h2-8,11,15,19H,9-10H2,1H3. The number of hydrogen-bond acceptors (Lipinski definition) is 3. The van der Waals surface area contributed by atoms with Gasteiger partial charge >= 0.3 is 6.18 Å². The molecule has 0 N–H and O–H groups in total. The number of aromatic nitrogens is 3. The molecule has 1 aromatic heterocycles. The highest BCUT2D eigenvalue weighted by atomic mass is 19.4. The van der Waals surface area contributed by atoms with Crippen LogP contribution in [-0.4, -0.2) is 27.1 Å². The molecule has 2 heterocycles. The lowest BCUT2D eigenvalue weighted by molar-refractivity contribution is -0.138. The van der Waals surface area contributed by atoms with Gasteiger partial charge in [0.15, 0.2) is 0 Å². The van der Waals surface area contributed by atoms with Crippen LogP contribution in [0.2, 0.25) is 0 Å². The first-order valence-electron chi connectivity index (χ1n) is 9.38. The van der Waals surface area contributed by atoms with Gasteiger partial charge in [0.2, 0.25) is 6.43 Å². The number of nitrogens with zero attached hydrogens (tertiary/aromatic N) is 4. The number of fused-ring (bicyclic) bond motifs is 1. The molecule has 10 heteroatoms. The molecule has 3 aromatic rings. The largest absolute Gasteiger partial charge is 0.416 e. The number of aryl methyl sites for hydroxylation is 1. The molecule has 4 rings (SSSR count). The fraction of sp³-hybridized carbons (Fsp3) is 0.286. The van der Waals surface area contributed by atoms with Crippen LogP contribution in [0.5, 0.6) is 0 Å². The van der Waals surface area contributed by atoms with E-state index in [2.05, 4.69) is 10.2 Å². The maximum Gasteiger partial charge on any atom is 0.416 e. The molecule has 1 unspecified atom stereocenters. The first-order chi connectivity index (χ1) is 14.7. The summed E-state index contributed by atoms with van der Waals surface area (Å²) in [4.78, 5) is 14.0. The number of halogens is 5. The summed E-state index contributed by atoms with van der Waals surface area (Å²) in [6.45, 7) is -0.282. The Balaban J connectivity index is 1.67. The van der Waals surface area contributed by atoms with E-state index < -0.39 is 30.0 Å². The number of amides is 1. The van der Waals surface area contributed by atoms with Crippen LogP contribution in [0.25, 0.3) is 0 Å². The molecule has 162 valence electrons. The summed E-state index contributed by atoms with van der Waals surface area (Å²) in [7, 11) is 1.65. The van der Waals surface area contributed by atoms with Gasteiger partial charge in [0.1, 0.15) is 12.2 Å². The topological polar surface area (TPSA) is 51.0 Å². The maximum absolute atomic E-state index is 13.8. The van der Waals surface area contributed by atoms with Gasteiger partial charge < -0.3 is 9.47 Å². The molecular weight excluding hydrogens is 419 g/mol. The zero-order valence-corrected chi connectivity index (χ0v) is 16.3. The highest BCUT2D eigenvalue weighted by molar-refractivity contribution is 6.10. The molecule has 0 bridgehead atoms. The Morgan fingerprint density at radius 1 is 1.13 bits per heavy atom. The van der Waals surface area contributed by atoms with E-state index in [-0.39, 0.29) is 35.3 Å². The second kappa shape index (κ2) is 7.75. The minimum atomic E-state index is -4.60. The van der Waals surface area contributed by atoms with Crippen molar-refractivity contribution in [3.63, 3.8) is 0 Å². The van der Waals surface area contributed by atoms with Gasteiger partial charge in [-0.2, -0.15) is 13.2 Å². The monoisotopic (exact) mass is 436 g/mol. The van der Waals surface area contributed by atoms with Crippen LogP contribution in [-0.2, 0) is 26.2 Å². The summed E-state index contributed by atoms with van der Waals surface area (Å²) in [5.41, 5.74) is -0.505. The third kappa shape index (κ3) is 3.89. The Morgan fingerprint density at radius 3 is 2.52 bits per heavy atom. The summed E-state index contributed by atoms with van der Waals surface area (Å²) in [5, 5.41) is 7.54. The highest BCUT2D eigenvalue weighted by Crippen LogP contribution is 2.39. The van der Waals surface area contributed by atoms with Crippen molar-refractivity contribution < 1.29 is 26.7 Å². The summed E-state index contributed by atoms with van der Waals surface area (Å²) in [6, 6.07) is 9.42. The molecule has 0 saturated carbocycles. The van der Waals surface area contributed by atoms with Gasteiger partial charge in [0, 0.05) is 24.7 Å². The molecule has 2 aromatic carbocycles. The molecule has 1 amide bonds. The third-order valence-corrected chi connectivity index (χ3v) is 5.40. The number of carbonyl (C=O) groups excluding carboxylic acids is 1. The Hall–Kier alpha value is -3.30. The zero-order valence-electron chi connectivity index (χ0n) is 16.3. The molecule has 31 heavy (non-hydrogen) atoms. The van der Waals surface area contributed by atoms with E-state index >= 15 is 0 Å². The van der Waals surface area contributed by atoms with Gasteiger partial charge in [-0.1, -0.05) is 18.2 Å². The van der Waals surface area contributed by atoms with Crippen molar-refractivity contribution >= 4 is 11.6 Å². The number of alkyl halides is 5. The van der Waals surface area contributed by atoms with Crippen molar-refractivity contribution in [1.29, 1.82) is 0 Å². The lowest BCUT2D eigenvalue weighted by Gasteiger charge is -2.20. The van der Waals surface area contributed by atoms with E-state index in [1.165, 1.54) is 47.6 Å². The van der Waals surface area contributed by atoms with E-state index in [1.54, 1.807) is 11.6 Å². The van der Waals surface area contributed by atoms with Gasteiger partial charge in [-0.25, -0.2) is 8.78 Å². The molecule has 0 saturated heterocycles. The highest BCUT2D eigenvalue weighted by Gasteiger charge is 2.39. The predicted octanol–water partition coefficient (Wildman–Crippen LogP) is 4.59. The number of anilines is 1. The van der Waals surface area contributed by atoms with Crippen LogP contribution in [0.3, 0.4) is 0 Å². The summed E-state index contributed by atoms with van der Waals surface area (Å²) < 4.78 is 69.2. The van der Waals surface area contributed by atoms with Crippen molar-refractivity contribution in [2.75, 3.05) is 4.90 Å². The minimum absolute atomic E-state index is 0.0373. The number of rotatable bonds is 5. The first kappa shape index (κ1) is 21.0. The molecular formula is C21H17F5N4O. The quantitative estimate of drug-likeness (QED) is 0.550. The van der Waals surface area contributed by atoms with Crippen LogP contribution < -0.4 is 4.90 Å². The summed E-state index contributed by atoms with van der Waals surface area (Å²) >= 11 is 0. The van der Waals surface area contributed by atoms with Crippen LogP contribution in [0.4, 0.5) is 27.6 Å². The van der Waals surface area contributed by atoms with Crippen LogP contribution >= 0.6 is 0 Å². The van der Waals surface area contributed by atoms with Gasteiger partial charge in [-0.05, 0) is 35.4 Å². The molecule has 1 aliphatic heterocycles. The number of benzene rings is 2. The van der Waals surface area contributed by atoms with Crippen LogP contribution in [0.1, 0.15) is 38.8 Å². The van der Waals surface area contributed by atoms with E-state index in [0.717, 1.165) is 6.07 Å². The summed E-state index contributed by atoms with van der Waals surface area (Å²) in [6.07, 6.45) is -5.98. The van der Waals surface area contributed by atoms with E-state index in [0.29, 0.717) is 5.82 Å². The van der Waals surface area contributed by atoms with Crippen LogP contribution in [0, 0.1) is 0 Å². The third-order valence-electron chi connectivity index (χ3n) is 5.40. The van der Waals surface area contributed by atoms with Crippen LogP contribution in [0.15, 0.2) is 48.8 Å². The van der Waals surface area contributed by atoms with E-state index in [4.69, 9.17) is 0 Å². The van der Waals surface area contributed by atoms with E-state index in [9.17, 15) is 26.7 Å². The lowest BCUT2D eigenvalue weighted by Crippen LogP contribution is -2.23. The average molecular weight is 436 g/mol. The van der Waals surface area contributed by atoms with Gasteiger partial charge in [-0.15, -0.1) is 10.2 Å². The Labute approximate surface area is 174 Å². The van der Waals surface area contributed by atoms with Gasteiger partial charge in [-0.3, -0.25) is 4.79 Å². The first-order valence-corrected chi connectivity index (χ1v) is 9.38. The fourth-order valence-electron chi connectivity index (χ4n) is 3.77. The van der Waals surface area contributed by atoms with Gasteiger partial charge in [0.25, 0.3) is 5.91 Å². The molecule has 1 aliphatic rings. The fourth-order valence-corrected chi connectivity index (χ4v) is 3.77. The predicted molar refractivity (Wildman–Crippen MR) is 102 cm³/mol. The minimum Gasteiger partial charge on any atom is -0.321 e. The summed E-state index contributed by atoms with van der Waals surface area (Å²) in [5.74, 6) is -1.44. The van der Waals surface area contributed by atoms with Gasteiger partial charge in [0.05, 0.1) is 18.0 Å². The average Bonchev–Trinajstić information content (AvgIpc) is 3.28. The Morgan fingerprint density at radius 2 is 1.87 bits per heavy atom. The zero-order chi connectivity index (χ0) is 22.3. The number of hydrogen-bond donors (Lipinski definition) is 0. The van der Waals surface area contributed by atoms with Crippen molar-refractivity contribution in [1.82, 2.24) is 14.8 Å². The lowest BCUT2D eigenvalue weighted by atomic mass is 9.95.